The minimum Gasteiger partial charge on any atom is -0.444 e. The van der Waals surface area contributed by atoms with Gasteiger partial charge in [0.25, 0.3) is 0 Å². The Hall–Kier alpha value is -8.15. The molecule has 11 aromatic rings. The number of hydrogen-bond donors (Lipinski definition) is 0. The lowest BCUT2D eigenvalue weighted by Gasteiger charge is -2.46. The quantitative estimate of drug-likeness (QED) is 0.0994. The molecule has 66 heavy (non-hydrogen) atoms. The largest absolute Gasteiger partial charge is 0.444 e. The molecule has 0 N–H and O–H groups in total. The number of nitrogens with zero attached hydrogens (tertiary/aromatic N) is 5. The average Bonchev–Trinajstić information content (AvgIpc) is 3.99. The summed E-state index contributed by atoms with van der Waals surface area (Å²) >= 11 is 0. The summed E-state index contributed by atoms with van der Waals surface area (Å²) in [6.45, 7) is 0. The van der Waals surface area contributed by atoms with Gasteiger partial charge >= 0.3 is 22.8 Å². The lowest BCUT2D eigenvalue weighted by atomic mass is 10.1. The number of rotatable bonds is 0. The Kier molecular flexibility index (Phi) is 5.40. The van der Waals surface area contributed by atoms with Gasteiger partial charge in [0.2, 0.25) is 22.9 Å². The standard InChI is InChI=1S/C58H34N5OSi2/c1-6-24-45-35(15-1)36-16-2-7-25-46(36)65(45)49-28-10-5-21-41(49)61-42-22-12-23-43-55(42)63(60-34-14-30-52(65)58(60)61)56-44(64-43)31-32-51-54(56)62-53-39(40-20-13-33-59(63)57(40)62)19-11-29-50(53)66(51)47-26-8-3-17-37(47)38-18-4-9-27-48(38)66/h1-34H/q+3. The fraction of sp³-hybridized carbons (Fsp3) is 0. The van der Waals surface area contributed by atoms with Crippen LogP contribution in [0.2, 0.25) is 0 Å². The summed E-state index contributed by atoms with van der Waals surface area (Å²) in [6, 6.07) is 74.6. The predicted octanol–water partition coefficient (Wildman–Crippen LogP) is 6.47. The molecular weight excluding hydrogens is 839 g/mol. The van der Waals surface area contributed by atoms with E-state index in [0.29, 0.717) is 0 Å². The number of ether oxygens (including phenoxy) is 1. The minimum atomic E-state index is -2.94. The number of pyridine rings is 2. The van der Waals surface area contributed by atoms with Crippen molar-refractivity contribution in [2.45, 2.75) is 0 Å². The van der Waals surface area contributed by atoms with Crippen molar-refractivity contribution >= 4 is 108 Å². The molecule has 3 aromatic heterocycles. The van der Waals surface area contributed by atoms with Crippen LogP contribution in [0.1, 0.15) is 0 Å². The van der Waals surface area contributed by atoms with Crippen molar-refractivity contribution in [1.29, 1.82) is 0 Å². The minimum absolute atomic E-state index is 0.288. The van der Waals surface area contributed by atoms with E-state index in [4.69, 9.17) is 4.74 Å². The van der Waals surface area contributed by atoms with Gasteiger partial charge in [0.15, 0.2) is 28.5 Å². The van der Waals surface area contributed by atoms with Gasteiger partial charge in [-0.1, -0.05) is 140 Å². The molecule has 0 amide bonds. The van der Waals surface area contributed by atoms with Gasteiger partial charge in [-0.25, -0.2) is 0 Å². The van der Waals surface area contributed by atoms with Gasteiger partial charge in [-0.3, -0.25) is 0 Å². The fourth-order valence-corrected chi connectivity index (χ4v) is 25.7. The first kappa shape index (κ1) is 33.4. The molecule has 0 aliphatic carbocycles. The van der Waals surface area contributed by atoms with E-state index in [-0.39, 0.29) is 4.70 Å². The van der Waals surface area contributed by atoms with E-state index in [1.807, 2.05) is 0 Å². The van der Waals surface area contributed by atoms with Crippen LogP contribution in [0.3, 0.4) is 0 Å². The van der Waals surface area contributed by atoms with Crippen LogP contribution < -0.4 is 65.2 Å². The van der Waals surface area contributed by atoms with Crippen LogP contribution in [0.5, 0.6) is 11.5 Å². The van der Waals surface area contributed by atoms with Crippen LogP contribution in [-0.2, 0) is 0 Å². The van der Waals surface area contributed by atoms with Crippen LogP contribution in [0.15, 0.2) is 207 Å². The van der Waals surface area contributed by atoms with Crippen LogP contribution in [0.25, 0.3) is 49.9 Å². The molecule has 1 atom stereocenters. The molecule has 7 aliphatic heterocycles. The first-order valence-electron chi connectivity index (χ1n) is 23.0. The molecule has 8 aromatic carbocycles. The summed E-state index contributed by atoms with van der Waals surface area (Å²) < 4.78 is 15.6. The summed E-state index contributed by atoms with van der Waals surface area (Å²) in [7, 11) is -5.87. The first-order valence-corrected chi connectivity index (χ1v) is 27.0. The Bertz CT molecular complexity index is 4120. The van der Waals surface area contributed by atoms with Gasteiger partial charge in [-0.15, -0.1) is 0 Å². The average molecular weight is 873 g/mol. The molecule has 0 bridgehead atoms. The summed E-state index contributed by atoms with van der Waals surface area (Å²) in [5.74, 6) is 2.96. The molecule has 18 rings (SSSR count). The number of para-hydroxylation sites is 3. The summed E-state index contributed by atoms with van der Waals surface area (Å²) in [6.07, 6.45) is 4.71. The highest BCUT2D eigenvalue weighted by molar-refractivity contribution is 7.24. The van der Waals surface area contributed by atoms with Crippen molar-refractivity contribution in [3.63, 3.8) is 0 Å². The topological polar surface area (TPSA) is 25.2 Å². The zero-order valence-electron chi connectivity index (χ0n) is 35.3. The van der Waals surface area contributed by atoms with Crippen molar-refractivity contribution in [2.75, 3.05) is 4.90 Å². The second-order valence-corrected chi connectivity index (χ2v) is 26.2. The molecule has 8 heteroatoms. The van der Waals surface area contributed by atoms with Gasteiger partial charge in [0, 0.05) is 26.1 Å². The Balaban J connectivity index is 1.08. The van der Waals surface area contributed by atoms with Crippen molar-refractivity contribution in [3.8, 4) is 39.4 Å². The maximum atomic E-state index is 7.40. The Labute approximate surface area is 380 Å². The molecule has 0 saturated heterocycles. The highest BCUT2D eigenvalue weighted by atomic mass is 28.3. The Morgan fingerprint density at radius 1 is 0.394 bits per heavy atom. The number of fused-ring (bicyclic) bond motifs is 18. The molecule has 10 heterocycles. The van der Waals surface area contributed by atoms with E-state index in [1.165, 1.54) is 103 Å². The molecular formula is C58H34N5OSi2+3. The van der Waals surface area contributed by atoms with Crippen molar-refractivity contribution < 1.29 is 14.1 Å². The van der Waals surface area contributed by atoms with Crippen molar-refractivity contribution in [2.24, 2.45) is 0 Å². The Morgan fingerprint density at radius 3 is 1.64 bits per heavy atom. The maximum absolute atomic E-state index is 7.40. The SMILES string of the molecule is c1ccc2c(c1)-c1ccccc1[Si]21c2ccccc2N2c3cccc4c3[N+]3(c5c(ccc6c5-n5c7c(cccc7c7ccc[n+]3c75)[Si]63c5ccccc5-c5ccccc53)O4)[n+]3cccc1c32. The number of aromatic nitrogens is 3. The predicted molar refractivity (Wildman–Crippen MR) is 267 cm³/mol. The molecule has 0 radical (unpaired) electrons. The molecule has 3 spiro atoms. The smallest absolute Gasteiger partial charge is 0.350 e. The molecule has 0 fully saturated rings. The highest BCUT2D eigenvalue weighted by Crippen LogP contribution is 2.61. The van der Waals surface area contributed by atoms with Crippen LogP contribution in [0.4, 0.5) is 28.6 Å². The van der Waals surface area contributed by atoms with Gasteiger partial charge in [0.1, 0.15) is 11.2 Å². The lowest BCUT2D eigenvalue weighted by molar-refractivity contribution is -1.03. The van der Waals surface area contributed by atoms with Crippen molar-refractivity contribution in [3.05, 3.63) is 207 Å². The maximum Gasteiger partial charge on any atom is 0.350 e. The zero-order valence-corrected chi connectivity index (χ0v) is 37.3. The van der Waals surface area contributed by atoms with E-state index in [0.717, 1.165) is 28.6 Å². The lowest BCUT2D eigenvalue weighted by Crippen LogP contribution is -2.89. The van der Waals surface area contributed by atoms with Gasteiger partial charge in [-0.05, 0) is 107 Å². The van der Waals surface area contributed by atoms with Crippen LogP contribution >= 0.6 is 0 Å². The molecule has 1 unspecified atom stereocenters. The second-order valence-electron chi connectivity index (χ2n) is 18.9. The Morgan fingerprint density at radius 2 is 0.924 bits per heavy atom. The summed E-state index contributed by atoms with van der Waals surface area (Å²) in [5.41, 5.74) is 13.8. The van der Waals surface area contributed by atoms with Crippen LogP contribution in [0, 0.1) is 0 Å². The van der Waals surface area contributed by atoms with E-state index in [2.05, 4.69) is 225 Å². The fourth-order valence-electron chi connectivity index (χ4n) is 14.6. The molecule has 0 saturated carbocycles. The van der Waals surface area contributed by atoms with Gasteiger partial charge in [0.05, 0.1) is 10.1 Å². The third-order valence-electron chi connectivity index (χ3n) is 16.6. The number of hydrogen-bond acceptors (Lipinski definition) is 2. The third-order valence-corrected chi connectivity index (χ3v) is 26.4. The zero-order chi connectivity index (χ0) is 42.4. The molecule has 6 nitrogen and oxygen atoms in total. The van der Waals surface area contributed by atoms with Gasteiger partial charge in [-0.2, -0.15) is 9.47 Å². The van der Waals surface area contributed by atoms with E-state index >= 15 is 0 Å². The third kappa shape index (κ3) is 3.13. The van der Waals surface area contributed by atoms with E-state index < -0.39 is 16.1 Å². The summed E-state index contributed by atoms with van der Waals surface area (Å²) in [5, 5.41) is 14.1. The molecule has 7 aliphatic rings. The van der Waals surface area contributed by atoms with E-state index in [9.17, 15) is 0 Å². The normalized spacial score (nSPS) is 18.1. The van der Waals surface area contributed by atoms with Gasteiger partial charge < -0.3 is 4.74 Å². The monoisotopic (exact) mass is 872 g/mol. The highest BCUT2D eigenvalue weighted by Gasteiger charge is 2.72. The number of benzene rings is 8. The van der Waals surface area contributed by atoms with Crippen molar-refractivity contribution in [1.82, 2.24) is 9.27 Å². The van der Waals surface area contributed by atoms with Crippen LogP contribution in [-0.4, -0.2) is 20.7 Å². The van der Waals surface area contributed by atoms with E-state index in [1.54, 1.807) is 0 Å². The molecule has 302 valence electrons. The number of anilines is 3. The second kappa shape index (κ2) is 10.7. The summed E-state index contributed by atoms with van der Waals surface area (Å²) in [4.78, 5) is 2.58. The first-order chi connectivity index (χ1) is 32.8. The number of quaternary nitrogens is 1.